The fourth-order valence-electron chi connectivity index (χ4n) is 2.12. The number of halogens is 1. The number of carboxylic acid groups (broad SMARTS) is 1. The summed E-state index contributed by atoms with van der Waals surface area (Å²) >= 11 is 7.30. The second kappa shape index (κ2) is 7.13. The van der Waals surface area contributed by atoms with Crippen molar-refractivity contribution < 1.29 is 14.7 Å². The lowest BCUT2D eigenvalue weighted by atomic mass is 10.1. The van der Waals surface area contributed by atoms with Gasteiger partial charge < -0.3 is 10.4 Å². The van der Waals surface area contributed by atoms with Crippen molar-refractivity contribution >= 4 is 52.2 Å². The molecule has 0 saturated carbocycles. The Hall–Kier alpha value is -2.57. The van der Waals surface area contributed by atoms with E-state index >= 15 is 0 Å². The summed E-state index contributed by atoms with van der Waals surface area (Å²) in [5.41, 5.74) is 2.55. The maximum atomic E-state index is 12.1. The van der Waals surface area contributed by atoms with Crippen LogP contribution in [0.4, 0.5) is 5.69 Å². The number of nitrogens with one attached hydrogen (secondary N) is 1. The predicted octanol–water partition coefficient (Wildman–Crippen LogP) is 4.24. The van der Waals surface area contributed by atoms with Crippen LogP contribution >= 0.6 is 23.4 Å². The molecule has 2 N–H and O–H groups in total. The Morgan fingerprint density at radius 1 is 1.24 bits per heavy atom. The molecule has 0 atom stereocenters. The van der Waals surface area contributed by atoms with E-state index in [2.05, 4.69) is 10.3 Å². The molecule has 0 bridgehead atoms. The molecule has 1 fully saturated rings. The molecule has 1 aliphatic rings. The van der Waals surface area contributed by atoms with Gasteiger partial charge in [0.15, 0.2) is 5.17 Å². The maximum Gasteiger partial charge on any atom is 0.335 e. The number of thioether (sulfide) groups is 1. The van der Waals surface area contributed by atoms with Crippen LogP contribution in [0.5, 0.6) is 0 Å². The summed E-state index contributed by atoms with van der Waals surface area (Å²) in [6.07, 6.45) is 1.69. The molecule has 1 heterocycles. The monoisotopic (exact) mass is 372 g/mol. The number of benzene rings is 2. The topological polar surface area (TPSA) is 78.8 Å². The Morgan fingerprint density at radius 2 is 1.96 bits per heavy atom. The zero-order chi connectivity index (χ0) is 18.0. The fourth-order valence-corrected chi connectivity index (χ4v) is 3.14. The lowest BCUT2D eigenvalue weighted by molar-refractivity contribution is -0.115. The number of rotatable bonds is 3. The molecular weight excluding hydrogens is 360 g/mol. The minimum Gasteiger partial charge on any atom is -0.478 e. The van der Waals surface area contributed by atoms with Gasteiger partial charge in [-0.1, -0.05) is 29.8 Å². The number of amidine groups is 1. The van der Waals surface area contributed by atoms with Gasteiger partial charge in [-0.25, -0.2) is 9.79 Å². The summed E-state index contributed by atoms with van der Waals surface area (Å²) in [4.78, 5) is 27.8. The van der Waals surface area contributed by atoms with Crippen molar-refractivity contribution in [2.24, 2.45) is 4.99 Å². The van der Waals surface area contributed by atoms with Gasteiger partial charge in [-0.2, -0.15) is 0 Å². The molecular formula is C18H13ClN2O3S. The largest absolute Gasteiger partial charge is 0.478 e. The normalized spacial score (nSPS) is 17.1. The summed E-state index contributed by atoms with van der Waals surface area (Å²) in [7, 11) is 0. The van der Waals surface area contributed by atoms with E-state index in [1.807, 2.05) is 19.1 Å². The second-order valence-corrected chi connectivity index (χ2v) is 6.78. The lowest BCUT2D eigenvalue weighted by Crippen LogP contribution is -2.19. The average molecular weight is 373 g/mol. The average Bonchev–Trinajstić information content (AvgIpc) is 2.91. The fraction of sp³-hybridized carbons (Fsp3) is 0.0556. The summed E-state index contributed by atoms with van der Waals surface area (Å²) < 4.78 is 0. The number of carbonyl (C=O) groups excluding carboxylic acids is 1. The highest BCUT2D eigenvalue weighted by molar-refractivity contribution is 8.18. The highest BCUT2D eigenvalue weighted by atomic mass is 35.5. The van der Waals surface area contributed by atoms with Gasteiger partial charge in [0.1, 0.15) is 0 Å². The van der Waals surface area contributed by atoms with Crippen molar-refractivity contribution in [3.05, 3.63) is 69.1 Å². The van der Waals surface area contributed by atoms with Crippen LogP contribution in [0.15, 0.2) is 52.4 Å². The number of carbonyl (C=O) groups is 2. The summed E-state index contributed by atoms with van der Waals surface area (Å²) in [6, 6.07) is 11.7. The Balaban J connectivity index is 1.80. The molecule has 0 aliphatic carbocycles. The number of aliphatic imine (C=N–C) groups is 1. The number of carboxylic acids is 1. The van der Waals surface area contributed by atoms with E-state index in [1.165, 1.54) is 23.9 Å². The number of amides is 1. The van der Waals surface area contributed by atoms with Gasteiger partial charge in [0.05, 0.1) is 16.2 Å². The minimum atomic E-state index is -0.988. The van der Waals surface area contributed by atoms with E-state index in [0.29, 0.717) is 20.8 Å². The van der Waals surface area contributed by atoms with Crippen LogP contribution in [0.1, 0.15) is 21.5 Å². The number of nitrogens with zero attached hydrogens (tertiary/aromatic N) is 1. The highest BCUT2D eigenvalue weighted by Gasteiger charge is 2.23. The van der Waals surface area contributed by atoms with Gasteiger partial charge in [-0.3, -0.25) is 4.79 Å². The molecule has 1 amide bonds. The number of aryl methyl sites for hydroxylation is 1. The van der Waals surface area contributed by atoms with Crippen LogP contribution in [-0.4, -0.2) is 22.2 Å². The first-order valence-electron chi connectivity index (χ1n) is 7.31. The number of hydrogen-bond donors (Lipinski definition) is 2. The first-order valence-corrected chi connectivity index (χ1v) is 8.51. The summed E-state index contributed by atoms with van der Waals surface area (Å²) in [5.74, 6) is -1.23. The van der Waals surface area contributed by atoms with Crippen LogP contribution in [0, 0.1) is 6.92 Å². The van der Waals surface area contributed by atoms with Gasteiger partial charge in [-0.05, 0) is 60.2 Å². The molecule has 25 heavy (non-hydrogen) atoms. The predicted molar refractivity (Wildman–Crippen MR) is 100 cm³/mol. The van der Waals surface area contributed by atoms with Gasteiger partial charge >= 0.3 is 5.97 Å². The minimum absolute atomic E-state index is 0.198. The van der Waals surface area contributed by atoms with Gasteiger partial charge in [0, 0.05) is 5.02 Å². The third kappa shape index (κ3) is 4.10. The van der Waals surface area contributed by atoms with Crippen LogP contribution in [0.25, 0.3) is 6.08 Å². The van der Waals surface area contributed by atoms with Crippen molar-refractivity contribution in [1.29, 1.82) is 0 Å². The van der Waals surface area contributed by atoms with E-state index in [9.17, 15) is 9.59 Å². The number of aromatic carboxylic acids is 1. The lowest BCUT2D eigenvalue weighted by Gasteiger charge is -2.00. The quantitative estimate of drug-likeness (QED) is 0.790. The standard InChI is InChI=1S/C18H13ClN2O3S/c1-10-2-7-13(9-14(10)19)20-18-21-16(22)15(25-18)8-11-3-5-12(6-4-11)17(23)24/h2-9H,1H3,(H,23,24)(H,20,21,22)/b15-8-. The zero-order valence-corrected chi connectivity index (χ0v) is 14.7. The van der Waals surface area contributed by atoms with Gasteiger partial charge in [0.25, 0.3) is 5.91 Å². The van der Waals surface area contributed by atoms with Crippen LogP contribution in [0.3, 0.4) is 0 Å². The van der Waals surface area contributed by atoms with Gasteiger partial charge in [-0.15, -0.1) is 0 Å². The first-order chi connectivity index (χ1) is 11.9. The van der Waals surface area contributed by atoms with Crippen molar-refractivity contribution in [2.45, 2.75) is 6.92 Å². The molecule has 1 aliphatic heterocycles. The third-order valence-electron chi connectivity index (χ3n) is 3.49. The molecule has 1 saturated heterocycles. The SMILES string of the molecule is Cc1ccc(N=C2NC(=O)/C(=C/c3ccc(C(=O)O)cc3)S2)cc1Cl. The maximum absolute atomic E-state index is 12.1. The van der Waals surface area contributed by atoms with Crippen molar-refractivity contribution in [3.8, 4) is 0 Å². The Kier molecular flexibility index (Phi) is 4.92. The van der Waals surface area contributed by atoms with E-state index in [0.717, 1.165) is 11.1 Å². The van der Waals surface area contributed by atoms with E-state index < -0.39 is 5.97 Å². The first kappa shape index (κ1) is 17.3. The molecule has 0 radical (unpaired) electrons. The van der Waals surface area contributed by atoms with Crippen LogP contribution < -0.4 is 5.32 Å². The molecule has 2 aromatic carbocycles. The Bertz CT molecular complexity index is 920. The smallest absolute Gasteiger partial charge is 0.335 e. The van der Waals surface area contributed by atoms with Crippen molar-refractivity contribution in [3.63, 3.8) is 0 Å². The molecule has 126 valence electrons. The number of hydrogen-bond acceptors (Lipinski definition) is 4. The summed E-state index contributed by atoms with van der Waals surface area (Å²) in [6.45, 7) is 1.90. The van der Waals surface area contributed by atoms with E-state index in [1.54, 1.807) is 24.3 Å². The molecule has 3 rings (SSSR count). The molecule has 0 unspecified atom stereocenters. The van der Waals surface area contributed by atoms with Gasteiger partial charge in [0.2, 0.25) is 0 Å². The third-order valence-corrected chi connectivity index (χ3v) is 4.81. The van der Waals surface area contributed by atoms with E-state index in [4.69, 9.17) is 16.7 Å². The Labute approximate surface area is 153 Å². The molecule has 0 spiro atoms. The summed E-state index contributed by atoms with van der Waals surface area (Å²) in [5, 5.41) is 12.7. The Morgan fingerprint density at radius 3 is 2.60 bits per heavy atom. The van der Waals surface area contributed by atoms with Crippen LogP contribution in [0.2, 0.25) is 5.02 Å². The second-order valence-electron chi connectivity index (χ2n) is 5.34. The van der Waals surface area contributed by atoms with Crippen molar-refractivity contribution in [1.82, 2.24) is 5.32 Å². The molecule has 2 aromatic rings. The van der Waals surface area contributed by atoms with Crippen LogP contribution in [-0.2, 0) is 4.79 Å². The molecule has 5 nitrogen and oxygen atoms in total. The van der Waals surface area contributed by atoms with E-state index in [-0.39, 0.29) is 11.5 Å². The van der Waals surface area contributed by atoms with Crippen molar-refractivity contribution in [2.75, 3.05) is 0 Å². The molecule has 0 aromatic heterocycles. The highest BCUT2D eigenvalue weighted by Crippen LogP contribution is 2.29. The zero-order valence-electron chi connectivity index (χ0n) is 13.1. The molecule has 7 heteroatoms.